The Balaban J connectivity index is 1.95. The Labute approximate surface area is 145 Å². The van der Waals surface area contributed by atoms with E-state index in [4.69, 9.17) is 39.5 Å². The van der Waals surface area contributed by atoms with E-state index in [9.17, 15) is 0 Å². The maximum absolute atomic E-state index is 6.28. The molecule has 2 aromatic rings. The monoisotopic (exact) mass is 355 g/mol. The SMILES string of the molecule is Clc1ccc(Cl)c(O[C@@H](c2ccccc2)[C@H]2CCNC2)c1Cl. The fourth-order valence-corrected chi connectivity index (χ4v) is 3.37. The standard InChI is InChI=1S/C17H16Cl3NO/c18-13-6-7-14(19)17(15(13)20)22-16(12-8-9-21-10-12)11-4-2-1-3-5-11/h1-7,12,16,21H,8-10H2/t12-,16-/m0/s1. The molecular formula is C17H16Cl3NO. The van der Waals surface area contributed by atoms with Crippen LogP contribution in [0.15, 0.2) is 42.5 Å². The second-order valence-corrected chi connectivity index (χ2v) is 6.57. The van der Waals surface area contributed by atoms with Gasteiger partial charge in [-0.3, -0.25) is 0 Å². The van der Waals surface area contributed by atoms with Crippen molar-refractivity contribution in [3.63, 3.8) is 0 Å². The van der Waals surface area contributed by atoms with Crippen LogP contribution in [-0.2, 0) is 0 Å². The van der Waals surface area contributed by atoms with Crippen LogP contribution in [0.2, 0.25) is 15.1 Å². The summed E-state index contributed by atoms with van der Waals surface area (Å²) in [5.74, 6) is 0.824. The molecule has 1 saturated heterocycles. The molecule has 2 atom stereocenters. The molecule has 1 heterocycles. The van der Waals surface area contributed by atoms with Gasteiger partial charge in [0.15, 0.2) is 5.75 Å². The number of ether oxygens (including phenoxy) is 1. The van der Waals surface area contributed by atoms with Gasteiger partial charge in [-0.25, -0.2) is 0 Å². The van der Waals surface area contributed by atoms with E-state index in [0.717, 1.165) is 25.1 Å². The predicted octanol–water partition coefficient (Wildman–Crippen LogP) is 5.38. The van der Waals surface area contributed by atoms with Gasteiger partial charge >= 0.3 is 0 Å². The first-order valence-electron chi connectivity index (χ1n) is 7.22. The minimum absolute atomic E-state index is 0.107. The lowest BCUT2D eigenvalue weighted by Crippen LogP contribution is -2.21. The molecule has 0 bridgehead atoms. The third-order valence-electron chi connectivity index (χ3n) is 3.90. The molecule has 116 valence electrons. The first kappa shape index (κ1) is 15.9. The summed E-state index contributed by atoms with van der Waals surface area (Å²) in [7, 11) is 0. The van der Waals surface area contributed by atoms with Crippen LogP contribution in [0.3, 0.4) is 0 Å². The average molecular weight is 357 g/mol. The van der Waals surface area contributed by atoms with Gasteiger partial charge in [0.05, 0.1) is 10.0 Å². The Morgan fingerprint density at radius 1 is 1.00 bits per heavy atom. The fraction of sp³-hybridized carbons (Fsp3) is 0.294. The van der Waals surface area contributed by atoms with E-state index in [1.54, 1.807) is 12.1 Å². The number of benzene rings is 2. The lowest BCUT2D eigenvalue weighted by atomic mass is 9.95. The molecule has 22 heavy (non-hydrogen) atoms. The summed E-state index contributed by atoms with van der Waals surface area (Å²) in [5.41, 5.74) is 1.11. The molecule has 0 amide bonds. The Morgan fingerprint density at radius 2 is 1.73 bits per heavy atom. The highest BCUT2D eigenvalue weighted by Gasteiger charge is 2.29. The molecule has 5 heteroatoms. The summed E-state index contributed by atoms with van der Waals surface area (Å²) in [6, 6.07) is 13.5. The van der Waals surface area contributed by atoms with Crippen LogP contribution in [0.5, 0.6) is 5.75 Å². The largest absolute Gasteiger partial charge is 0.482 e. The van der Waals surface area contributed by atoms with Gasteiger partial charge in [-0.1, -0.05) is 65.1 Å². The van der Waals surface area contributed by atoms with Crippen LogP contribution in [0.4, 0.5) is 0 Å². The lowest BCUT2D eigenvalue weighted by molar-refractivity contribution is 0.145. The van der Waals surface area contributed by atoms with Crippen LogP contribution < -0.4 is 10.1 Å². The van der Waals surface area contributed by atoms with Gasteiger partial charge in [-0.05, 0) is 30.7 Å². The number of nitrogens with one attached hydrogen (secondary N) is 1. The zero-order chi connectivity index (χ0) is 15.5. The van der Waals surface area contributed by atoms with E-state index < -0.39 is 0 Å². The normalized spacial score (nSPS) is 19.1. The molecule has 1 aliphatic heterocycles. The van der Waals surface area contributed by atoms with Crippen molar-refractivity contribution < 1.29 is 4.74 Å². The summed E-state index contributed by atoms with van der Waals surface area (Å²) < 4.78 is 6.24. The zero-order valence-electron chi connectivity index (χ0n) is 11.9. The number of rotatable bonds is 4. The van der Waals surface area contributed by atoms with Gasteiger partial charge in [0.2, 0.25) is 0 Å². The molecule has 1 fully saturated rings. The smallest absolute Gasteiger partial charge is 0.158 e. The Bertz CT molecular complexity index is 642. The summed E-state index contributed by atoms with van der Waals surface area (Å²) in [5, 5.41) is 4.65. The molecule has 1 N–H and O–H groups in total. The van der Waals surface area contributed by atoms with Crippen molar-refractivity contribution in [2.75, 3.05) is 13.1 Å². The van der Waals surface area contributed by atoms with Crippen molar-refractivity contribution in [3.05, 3.63) is 63.1 Å². The predicted molar refractivity (Wildman–Crippen MR) is 92.3 cm³/mol. The highest BCUT2D eigenvalue weighted by atomic mass is 35.5. The van der Waals surface area contributed by atoms with Gasteiger partial charge in [0, 0.05) is 12.5 Å². The van der Waals surface area contributed by atoms with Crippen LogP contribution in [0.1, 0.15) is 18.1 Å². The third-order valence-corrected chi connectivity index (χ3v) is 4.99. The van der Waals surface area contributed by atoms with Gasteiger partial charge in [0.25, 0.3) is 0 Å². The van der Waals surface area contributed by atoms with Crippen LogP contribution >= 0.6 is 34.8 Å². The van der Waals surface area contributed by atoms with Gasteiger partial charge in [-0.2, -0.15) is 0 Å². The van der Waals surface area contributed by atoms with Crippen LogP contribution in [0, 0.1) is 5.92 Å². The Hall–Kier alpha value is -0.930. The van der Waals surface area contributed by atoms with Gasteiger partial charge in [-0.15, -0.1) is 0 Å². The van der Waals surface area contributed by atoms with E-state index in [1.807, 2.05) is 18.2 Å². The molecule has 0 unspecified atom stereocenters. The maximum atomic E-state index is 6.28. The van der Waals surface area contributed by atoms with Crippen molar-refractivity contribution in [1.29, 1.82) is 0 Å². The van der Waals surface area contributed by atoms with E-state index in [-0.39, 0.29) is 6.10 Å². The quantitative estimate of drug-likeness (QED) is 0.743. The summed E-state index contributed by atoms with van der Waals surface area (Å²) in [6.45, 7) is 1.91. The van der Waals surface area contributed by atoms with Crippen molar-refractivity contribution in [2.24, 2.45) is 5.92 Å². The molecule has 2 aromatic carbocycles. The minimum atomic E-state index is -0.107. The molecule has 0 aliphatic carbocycles. The molecule has 0 saturated carbocycles. The van der Waals surface area contributed by atoms with E-state index >= 15 is 0 Å². The number of halogens is 3. The molecule has 0 aromatic heterocycles. The van der Waals surface area contributed by atoms with Crippen molar-refractivity contribution in [3.8, 4) is 5.75 Å². The number of hydrogen-bond acceptors (Lipinski definition) is 2. The lowest BCUT2D eigenvalue weighted by Gasteiger charge is -2.26. The summed E-state index contributed by atoms with van der Waals surface area (Å²) >= 11 is 18.6. The van der Waals surface area contributed by atoms with E-state index in [0.29, 0.717) is 26.7 Å². The van der Waals surface area contributed by atoms with Gasteiger partial charge in [0.1, 0.15) is 11.1 Å². The van der Waals surface area contributed by atoms with Crippen molar-refractivity contribution in [2.45, 2.75) is 12.5 Å². The first-order chi connectivity index (χ1) is 10.7. The molecule has 1 aliphatic rings. The first-order valence-corrected chi connectivity index (χ1v) is 8.36. The van der Waals surface area contributed by atoms with Crippen LogP contribution in [0.25, 0.3) is 0 Å². The summed E-state index contributed by atoms with van der Waals surface area (Å²) in [4.78, 5) is 0. The summed E-state index contributed by atoms with van der Waals surface area (Å²) in [6.07, 6.45) is 0.944. The van der Waals surface area contributed by atoms with E-state index in [2.05, 4.69) is 17.4 Å². The van der Waals surface area contributed by atoms with Gasteiger partial charge < -0.3 is 10.1 Å². The zero-order valence-corrected chi connectivity index (χ0v) is 14.1. The highest BCUT2D eigenvalue weighted by Crippen LogP contribution is 2.42. The third kappa shape index (κ3) is 3.36. The topological polar surface area (TPSA) is 21.3 Å². The van der Waals surface area contributed by atoms with E-state index in [1.165, 1.54) is 0 Å². The second-order valence-electron chi connectivity index (χ2n) is 5.37. The Kier molecular flexibility index (Phi) is 5.14. The number of hydrogen-bond donors (Lipinski definition) is 1. The van der Waals surface area contributed by atoms with Crippen molar-refractivity contribution >= 4 is 34.8 Å². The molecule has 3 rings (SSSR count). The molecule has 0 radical (unpaired) electrons. The van der Waals surface area contributed by atoms with Crippen molar-refractivity contribution in [1.82, 2.24) is 5.32 Å². The Morgan fingerprint density at radius 3 is 2.41 bits per heavy atom. The second kappa shape index (κ2) is 7.10. The van der Waals surface area contributed by atoms with Crippen LogP contribution in [-0.4, -0.2) is 13.1 Å². The average Bonchev–Trinajstić information content (AvgIpc) is 3.06. The molecule has 2 nitrogen and oxygen atoms in total. The fourth-order valence-electron chi connectivity index (χ4n) is 2.76. The highest BCUT2D eigenvalue weighted by molar-refractivity contribution is 6.44. The minimum Gasteiger partial charge on any atom is -0.482 e. The molecule has 0 spiro atoms. The maximum Gasteiger partial charge on any atom is 0.158 e. The molecular weight excluding hydrogens is 341 g/mol.